The second kappa shape index (κ2) is 7.46. The molecule has 0 saturated carbocycles. The van der Waals surface area contributed by atoms with Gasteiger partial charge < -0.3 is 9.84 Å². The Hall–Kier alpha value is -2.04. The molecule has 132 valence electrons. The molecule has 0 spiro atoms. The Morgan fingerprint density at radius 3 is 2.72 bits per heavy atom. The fraction of sp³-hybridized carbons (Fsp3) is 0.350. The van der Waals surface area contributed by atoms with Gasteiger partial charge in [0.15, 0.2) is 0 Å². The van der Waals surface area contributed by atoms with Crippen molar-refractivity contribution in [3.05, 3.63) is 64.2 Å². The van der Waals surface area contributed by atoms with E-state index >= 15 is 0 Å². The van der Waals surface area contributed by atoms with Gasteiger partial charge in [-0.3, -0.25) is 9.69 Å². The third-order valence-electron chi connectivity index (χ3n) is 4.88. The zero-order valence-electron chi connectivity index (χ0n) is 14.4. The molecular weight excluding hydrogens is 338 g/mol. The fourth-order valence-corrected chi connectivity index (χ4v) is 3.88. The summed E-state index contributed by atoms with van der Waals surface area (Å²) in [5, 5.41) is 10.3. The molecule has 0 amide bonds. The minimum absolute atomic E-state index is 0.210. The highest BCUT2D eigenvalue weighted by Gasteiger charge is 2.38. The van der Waals surface area contributed by atoms with Gasteiger partial charge in [-0.05, 0) is 49.1 Å². The van der Waals surface area contributed by atoms with Gasteiger partial charge in [0.1, 0.15) is 11.8 Å². The smallest absolute Gasteiger partial charge is 0.320 e. The van der Waals surface area contributed by atoms with Gasteiger partial charge in [0.25, 0.3) is 0 Å². The van der Waals surface area contributed by atoms with Crippen molar-refractivity contribution in [1.82, 2.24) is 4.90 Å². The molecule has 0 aromatic heterocycles. The number of aliphatic carboxylic acids is 1. The number of rotatable bonds is 5. The topological polar surface area (TPSA) is 49.8 Å². The summed E-state index contributed by atoms with van der Waals surface area (Å²) in [5.74, 6) is -0.0641. The number of aryl methyl sites for hydroxylation is 1. The van der Waals surface area contributed by atoms with E-state index in [4.69, 9.17) is 16.3 Å². The minimum Gasteiger partial charge on any atom is -0.496 e. The van der Waals surface area contributed by atoms with Gasteiger partial charge >= 0.3 is 5.97 Å². The highest BCUT2D eigenvalue weighted by molar-refractivity contribution is 6.30. The molecule has 2 aromatic carbocycles. The molecule has 1 aliphatic heterocycles. The normalized spacial score (nSPS) is 18.9. The first-order valence-electron chi connectivity index (χ1n) is 8.40. The van der Waals surface area contributed by atoms with Gasteiger partial charge in [-0.25, -0.2) is 0 Å². The van der Waals surface area contributed by atoms with Crippen LogP contribution in [0.25, 0.3) is 0 Å². The molecule has 0 radical (unpaired) electrons. The van der Waals surface area contributed by atoms with Gasteiger partial charge in [0.05, 0.1) is 13.2 Å². The summed E-state index contributed by atoms with van der Waals surface area (Å²) in [6, 6.07) is 12.9. The fourth-order valence-electron chi connectivity index (χ4n) is 3.70. The number of ether oxygens (including phenoxy) is 1. The van der Waals surface area contributed by atoms with Crippen LogP contribution in [0.4, 0.5) is 0 Å². The summed E-state index contributed by atoms with van der Waals surface area (Å²) < 4.78 is 5.57. The van der Waals surface area contributed by atoms with Gasteiger partial charge in [-0.1, -0.05) is 35.9 Å². The van der Waals surface area contributed by atoms with E-state index in [2.05, 4.69) is 11.0 Å². The highest BCUT2D eigenvalue weighted by atomic mass is 35.5. The quantitative estimate of drug-likeness (QED) is 0.864. The van der Waals surface area contributed by atoms with Crippen molar-refractivity contribution in [3.8, 4) is 5.75 Å². The summed E-state index contributed by atoms with van der Waals surface area (Å²) in [4.78, 5) is 13.8. The van der Waals surface area contributed by atoms with Crippen LogP contribution in [-0.4, -0.2) is 35.7 Å². The third-order valence-corrected chi connectivity index (χ3v) is 5.12. The molecular formula is C20H22ClNO3. The lowest BCUT2D eigenvalue weighted by Gasteiger charge is -2.33. The van der Waals surface area contributed by atoms with Crippen LogP contribution >= 0.6 is 11.6 Å². The van der Waals surface area contributed by atoms with E-state index in [1.807, 2.05) is 37.3 Å². The molecule has 1 N–H and O–H groups in total. The van der Waals surface area contributed by atoms with Crippen LogP contribution in [0.15, 0.2) is 42.5 Å². The van der Waals surface area contributed by atoms with Gasteiger partial charge in [-0.2, -0.15) is 0 Å². The first-order chi connectivity index (χ1) is 12.0. The number of benzene rings is 2. The van der Waals surface area contributed by atoms with Crippen LogP contribution in [0, 0.1) is 6.92 Å². The summed E-state index contributed by atoms with van der Waals surface area (Å²) in [5.41, 5.74) is 3.10. The number of methoxy groups -OCH3 is 1. The van der Waals surface area contributed by atoms with Gasteiger partial charge in [0.2, 0.25) is 0 Å². The second-order valence-corrected chi connectivity index (χ2v) is 6.82. The SMILES string of the molecule is COc1ccc(Cl)cc1C(c1ccccc1C)N1CCCC1C(=O)O. The third kappa shape index (κ3) is 3.51. The van der Waals surface area contributed by atoms with E-state index < -0.39 is 12.0 Å². The largest absolute Gasteiger partial charge is 0.496 e. The summed E-state index contributed by atoms with van der Waals surface area (Å²) in [7, 11) is 1.63. The van der Waals surface area contributed by atoms with E-state index in [9.17, 15) is 9.90 Å². The van der Waals surface area contributed by atoms with E-state index in [0.29, 0.717) is 17.2 Å². The molecule has 1 aliphatic rings. The molecule has 25 heavy (non-hydrogen) atoms. The Balaban J connectivity index is 2.18. The molecule has 0 aliphatic carbocycles. The van der Waals surface area contributed by atoms with Crippen LogP contribution in [-0.2, 0) is 4.79 Å². The van der Waals surface area contributed by atoms with Crippen LogP contribution in [0.2, 0.25) is 5.02 Å². The van der Waals surface area contributed by atoms with Crippen molar-refractivity contribution >= 4 is 17.6 Å². The van der Waals surface area contributed by atoms with Crippen molar-refractivity contribution in [2.24, 2.45) is 0 Å². The molecule has 1 saturated heterocycles. The molecule has 2 unspecified atom stereocenters. The van der Waals surface area contributed by atoms with E-state index in [-0.39, 0.29) is 6.04 Å². The van der Waals surface area contributed by atoms with Crippen molar-refractivity contribution < 1.29 is 14.6 Å². The lowest BCUT2D eigenvalue weighted by atomic mass is 9.92. The van der Waals surface area contributed by atoms with Crippen molar-refractivity contribution in [1.29, 1.82) is 0 Å². The van der Waals surface area contributed by atoms with Crippen LogP contribution < -0.4 is 4.74 Å². The predicted molar refractivity (Wildman–Crippen MR) is 98.4 cm³/mol. The lowest BCUT2D eigenvalue weighted by molar-refractivity contribution is -0.142. The predicted octanol–water partition coefficient (Wildman–Crippen LogP) is 4.30. The van der Waals surface area contributed by atoms with E-state index in [0.717, 1.165) is 29.7 Å². The number of carbonyl (C=O) groups is 1. The van der Waals surface area contributed by atoms with Crippen LogP contribution in [0.5, 0.6) is 5.75 Å². The number of nitrogens with zero attached hydrogens (tertiary/aromatic N) is 1. The Bertz CT molecular complexity index is 777. The monoisotopic (exact) mass is 359 g/mol. The summed E-state index contributed by atoms with van der Waals surface area (Å²) in [6.45, 7) is 2.77. The van der Waals surface area contributed by atoms with Crippen LogP contribution in [0.3, 0.4) is 0 Å². The first-order valence-corrected chi connectivity index (χ1v) is 8.78. The van der Waals surface area contributed by atoms with Crippen LogP contribution in [0.1, 0.15) is 35.6 Å². The number of hydrogen-bond donors (Lipinski definition) is 1. The standard InChI is InChI=1S/C20H22ClNO3/c1-13-6-3-4-7-15(13)19(22-11-5-8-17(22)20(23)24)16-12-14(21)9-10-18(16)25-2/h3-4,6-7,9-10,12,17,19H,5,8,11H2,1-2H3,(H,23,24). The molecule has 3 rings (SSSR count). The zero-order valence-corrected chi connectivity index (χ0v) is 15.2. The molecule has 1 fully saturated rings. The zero-order chi connectivity index (χ0) is 18.0. The van der Waals surface area contributed by atoms with Gasteiger partial charge in [-0.15, -0.1) is 0 Å². The van der Waals surface area contributed by atoms with E-state index in [1.165, 1.54) is 0 Å². The maximum atomic E-state index is 11.8. The Morgan fingerprint density at radius 2 is 2.04 bits per heavy atom. The molecule has 4 nitrogen and oxygen atoms in total. The molecule has 2 aromatic rings. The number of hydrogen-bond acceptors (Lipinski definition) is 3. The van der Waals surface area contributed by atoms with E-state index in [1.54, 1.807) is 13.2 Å². The first kappa shape index (κ1) is 17.8. The average Bonchev–Trinajstić information content (AvgIpc) is 3.07. The average molecular weight is 360 g/mol. The molecule has 1 heterocycles. The molecule has 0 bridgehead atoms. The minimum atomic E-state index is -0.780. The van der Waals surface area contributed by atoms with Crippen molar-refractivity contribution in [2.45, 2.75) is 31.8 Å². The van der Waals surface area contributed by atoms with Crippen molar-refractivity contribution in [3.63, 3.8) is 0 Å². The number of halogens is 1. The molecule has 5 heteroatoms. The molecule has 2 atom stereocenters. The Kier molecular flexibility index (Phi) is 5.30. The number of carboxylic acid groups (broad SMARTS) is 1. The van der Waals surface area contributed by atoms with Crippen molar-refractivity contribution in [2.75, 3.05) is 13.7 Å². The maximum absolute atomic E-state index is 11.8. The Morgan fingerprint density at radius 1 is 1.28 bits per heavy atom. The Labute approximate surface area is 153 Å². The summed E-state index contributed by atoms with van der Waals surface area (Å²) in [6.07, 6.45) is 1.52. The summed E-state index contributed by atoms with van der Waals surface area (Å²) >= 11 is 6.26. The lowest BCUT2D eigenvalue weighted by Crippen LogP contribution is -2.39. The second-order valence-electron chi connectivity index (χ2n) is 6.38. The number of carboxylic acids is 1. The number of likely N-dealkylation sites (tertiary alicyclic amines) is 1. The highest BCUT2D eigenvalue weighted by Crippen LogP contribution is 2.41. The van der Waals surface area contributed by atoms with Gasteiger partial charge in [0, 0.05) is 17.1 Å². The maximum Gasteiger partial charge on any atom is 0.320 e.